The average Bonchev–Trinajstić information content (AvgIpc) is 2.42. The molecule has 0 aromatic heterocycles. The largest absolute Gasteiger partial charge is 0.496 e. The van der Waals surface area contributed by atoms with Gasteiger partial charge in [-0.15, -0.1) is 0 Å². The zero-order chi connectivity index (χ0) is 15.8. The number of halogens is 1. The Hall–Kier alpha value is -1.56. The Morgan fingerprint density at radius 3 is 2.71 bits per heavy atom. The topological polar surface area (TPSA) is 75.6 Å². The smallest absolute Gasteiger partial charge is 0.303 e. The first-order valence-corrected chi connectivity index (χ1v) is 7.52. The van der Waals surface area contributed by atoms with Crippen LogP contribution < -0.4 is 10.1 Å². The van der Waals surface area contributed by atoms with E-state index in [9.17, 15) is 9.59 Å². The number of aryl methyl sites for hydroxylation is 1. The van der Waals surface area contributed by atoms with Crippen LogP contribution in [0.5, 0.6) is 5.75 Å². The molecule has 0 spiro atoms. The van der Waals surface area contributed by atoms with Gasteiger partial charge in [0.25, 0.3) is 0 Å². The Balaban J connectivity index is 2.36. The summed E-state index contributed by atoms with van der Waals surface area (Å²) < 4.78 is 6.01. The van der Waals surface area contributed by atoms with Gasteiger partial charge in [0.2, 0.25) is 5.91 Å². The van der Waals surface area contributed by atoms with Crippen LogP contribution in [0.3, 0.4) is 0 Å². The van der Waals surface area contributed by atoms with Crippen LogP contribution in [-0.4, -0.2) is 30.6 Å². The summed E-state index contributed by atoms with van der Waals surface area (Å²) in [6, 6.07) is 5.70. The standard InChI is InChI=1S/C15H20BrNO4/c1-10(7-15(19)20)9-17-14(18)6-4-11-3-5-13(21-2)12(16)8-11/h3,5,8,10H,4,6-7,9H2,1-2H3,(H,17,18)(H,19,20). The van der Waals surface area contributed by atoms with Crippen LogP contribution in [-0.2, 0) is 16.0 Å². The second kappa shape index (κ2) is 8.67. The number of aliphatic carboxylic acids is 1. The first-order chi connectivity index (χ1) is 9.92. The number of methoxy groups -OCH3 is 1. The molecule has 0 fully saturated rings. The van der Waals surface area contributed by atoms with Crippen molar-refractivity contribution in [3.63, 3.8) is 0 Å². The Morgan fingerprint density at radius 2 is 2.14 bits per heavy atom. The summed E-state index contributed by atoms with van der Waals surface area (Å²) in [4.78, 5) is 22.2. The van der Waals surface area contributed by atoms with Crippen molar-refractivity contribution < 1.29 is 19.4 Å². The number of nitrogens with one attached hydrogen (secondary N) is 1. The van der Waals surface area contributed by atoms with Crippen LogP contribution in [0.25, 0.3) is 0 Å². The van der Waals surface area contributed by atoms with Crippen LogP contribution in [0.2, 0.25) is 0 Å². The third-order valence-electron chi connectivity index (χ3n) is 3.03. The molecule has 21 heavy (non-hydrogen) atoms. The lowest BCUT2D eigenvalue weighted by molar-refractivity contribution is -0.138. The molecule has 0 aliphatic heterocycles. The van der Waals surface area contributed by atoms with Crippen molar-refractivity contribution in [3.05, 3.63) is 28.2 Å². The normalized spacial score (nSPS) is 11.8. The molecular weight excluding hydrogens is 338 g/mol. The first kappa shape index (κ1) is 17.5. The molecule has 0 aliphatic carbocycles. The number of ether oxygens (including phenoxy) is 1. The summed E-state index contributed by atoms with van der Waals surface area (Å²) in [5.41, 5.74) is 1.04. The van der Waals surface area contributed by atoms with E-state index < -0.39 is 5.97 Å². The summed E-state index contributed by atoms with van der Waals surface area (Å²) in [6.45, 7) is 2.19. The molecule has 5 nitrogen and oxygen atoms in total. The van der Waals surface area contributed by atoms with E-state index >= 15 is 0 Å². The van der Waals surface area contributed by atoms with Gasteiger partial charge in [0, 0.05) is 19.4 Å². The molecule has 0 aliphatic rings. The SMILES string of the molecule is COc1ccc(CCC(=O)NCC(C)CC(=O)O)cc1Br. The molecule has 116 valence electrons. The summed E-state index contributed by atoms with van der Waals surface area (Å²) in [7, 11) is 1.60. The van der Waals surface area contributed by atoms with Gasteiger partial charge >= 0.3 is 5.97 Å². The van der Waals surface area contributed by atoms with Crippen molar-refractivity contribution in [3.8, 4) is 5.75 Å². The summed E-state index contributed by atoms with van der Waals surface area (Å²) in [5, 5.41) is 11.4. The van der Waals surface area contributed by atoms with Crippen LogP contribution in [0.4, 0.5) is 0 Å². The van der Waals surface area contributed by atoms with Crippen LogP contribution in [0.1, 0.15) is 25.3 Å². The van der Waals surface area contributed by atoms with Gasteiger partial charge in [0.05, 0.1) is 11.6 Å². The van der Waals surface area contributed by atoms with E-state index in [0.29, 0.717) is 19.4 Å². The second-order valence-corrected chi connectivity index (χ2v) is 5.83. The molecule has 0 bridgehead atoms. The fourth-order valence-corrected chi connectivity index (χ4v) is 2.46. The number of carboxylic acids is 1. The van der Waals surface area contributed by atoms with Crippen LogP contribution >= 0.6 is 15.9 Å². The van der Waals surface area contributed by atoms with Crippen molar-refractivity contribution >= 4 is 27.8 Å². The number of hydrogen-bond donors (Lipinski definition) is 2. The van der Waals surface area contributed by atoms with Gasteiger partial charge in [0.15, 0.2) is 0 Å². The fraction of sp³-hybridized carbons (Fsp3) is 0.467. The summed E-state index contributed by atoms with van der Waals surface area (Å²) in [6.07, 6.45) is 1.06. The molecule has 0 saturated heterocycles. The molecule has 1 amide bonds. The molecule has 1 aromatic rings. The summed E-state index contributed by atoms with van der Waals surface area (Å²) >= 11 is 3.41. The van der Waals surface area contributed by atoms with Gasteiger partial charge in [-0.1, -0.05) is 13.0 Å². The number of carbonyl (C=O) groups is 2. The van der Waals surface area contributed by atoms with E-state index in [1.54, 1.807) is 14.0 Å². The minimum Gasteiger partial charge on any atom is -0.496 e. The van der Waals surface area contributed by atoms with Gasteiger partial charge in [0.1, 0.15) is 5.75 Å². The van der Waals surface area contributed by atoms with E-state index in [-0.39, 0.29) is 18.2 Å². The molecule has 0 saturated carbocycles. The molecule has 2 N–H and O–H groups in total. The highest BCUT2D eigenvalue weighted by Gasteiger charge is 2.10. The number of carbonyl (C=O) groups excluding carboxylic acids is 1. The highest BCUT2D eigenvalue weighted by Crippen LogP contribution is 2.25. The molecular formula is C15H20BrNO4. The van der Waals surface area contributed by atoms with Crippen LogP contribution in [0.15, 0.2) is 22.7 Å². The van der Waals surface area contributed by atoms with E-state index in [2.05, 4.69) is 21.2 Å². The number of carboxylic acid groups (broad SMARTS) is 1. The molecule has 6 heteroatoms. The molecule has 1 aromatic carbocycles. The fourth-order valence-electron chi connectivity index (χ4n) is 1.87. The maximum absolute atomic E-state index is 11.7. The molecule has 1 rings (SSSR count). The van der Waals surface area contributed by atoms with Gasteiger partial charge < -0.3 is 15.2 Å². The monoisotopic (exact) mass is 357 g/mol. The van der Waals surface area contributed by atoms with Crippen molar-refractivity contribution in [2.45, 2.75) is 26.2 Å². The van der Waals surface area contributed by atoms with Crippen molar-refractivity contribution in [1.82, 2.24) is 5.32 Å². The lowest BCUT2D eigenvalue weighted by Gasteiger charge is -2.10. The maximum atomic E-state index is 11.7. The lowest BCUT2D eigenvalue weighted by atomic mass is 10.1. The minimum absolute atomic E-state index is 0.0612. The Labute approximate surface area is 132 Å². The molecule has 0 radical (unpaired) electrons. The molecule has 0 heterocycles. The van der Waals surface area contributed by atoms with E-state index in [1.165, 1.54) is 0 Å². The second-order valence-electron chi connectivity index (χ2n) is 4.98. The quantitative estimate of drug-likeness (QED) is 0.749. The van der Waals surface area contributed by atoms with Crippen LogP contribution in [0, 0.1) is 5.92 Å². The van der Waals surface area contributed by atoms with Crippen molar-refractivity contribution in [2.75, 3.05) is 13.7 Å². The molecule has 1 unspecified atom stereocenters. The van der Waals surface area contributed by atoms with Gasteiger partial charge in [-0.3, -0.25) is 9.59 Å². The van der Waals surface area contributed by atoms with E-state index in [0.717, 1.165) is 15.8 Å². The van der Waals surface area contributed by atoms with Gasteiger partial charge in [-0.2, -0.15) is 0 Å². The van der Waals surface area contributed by atoms with E-state index in [1.807, 2.05) is 18.2 Å². The highest BCUT2D eigenvalue weighted by molar-refractivity contribution is 9.10. The Bertz CT molecular complexity index is 504. The summed E-state index contributed by atoms with van der Waals surface area (Å²) in [5.74, 6) is -0.230. The minimum atomic E-state index is -0.847. The highest BCUT2D eigenvalue weighted by atomic mass is 79.9. The predicted octanol–water partition coefficient (Wildman–Crippen LogP) is 2.62. The zero-order valence-corrected chi connectivity index (χ0v) is 13.8. The third kappa shape index (κ3) is 6.62. The zero-order valence-electron chi connectivity index (χ0n) is 12.2. The van der Waals surface area contributed by atoms with Crippen molar-refractivity contribution in [1.29, 1.82) is 0 Å². The maximum Gasteiger partial charge on any atom is 0.303 e. The first-order valence-electron chi connectivity index (χ1n) is 6.73. The van der Waals surface area contributed by atoms with E-state index in [4.69, 9.17) is 9.84 Å². The van der Waals surface area contributed by atoms with Crippen molar-refractivity contribution in [2.24, 2.45) is 5.92 Å². The number of hydrogen-bond acceptors (Lipinski definition) is 3. The average molecular weight is 358 g/mol. The Morgan fingerprint density at radius 1 is 1.43 bits per heavy atom. The van der Waals surface area contributed by atoms with Gasteiger partial charge in [-0.25, -0.2) is 0 Å². The number of benzene rings is 1. The third-order valence-corrected chi connectivity index (χ3v) is 3.65. The number of rotatable bonds is 8. The van der Waals surface area contributed by atoms with Gasteiger partial charge in [-0.05, 0) is 46.0 Å². The molecule has 1 atom stereocenters. The Kier molecular flexibility index (Phi) is 7.22. The number of amides is 1. The lowest BCUT2D eigenvalue weighted by Crippen LogP contribution is -2.29. The predicted molar refractivity (Wildman–Crippen MR) is 83.4 cm³/mol.